The van der Waals surface area contributed by atoms with Crippen LogP contribution >= 0.6 is 0 Å². The van der Waals surface area contributed by atoms with Gasteiger partial charge in [-0.05, 0) is 75.3 Å². The number of amides is 6. The smallest absolute Gasteiger partial charge is 0.365 e. The molecule has 0 radical (unpaired) electrons. The van der Waals surface area contributed by atoms with Crippen molar-refractivity contribution in [3.8, 4) is 0 Å². The Hall–Kier alpha value is -2.81. The molecule has 2 spiro atoms. The molecule has 4 bridgehead atoms. The van der Waals surface area contributed by atoms with Crippen molar-refractivity contribution in [3.63, 3.8) is 0 Å². The molecule has 55 heavy (non-hydrogen) atoms. The van der Waals surface area contributed by atoms with Gasteiger partial charge in [0.25, 0.3) is 0 Å². The van der Waals surface area contributed by atoms with Gasteiger partial charge in [-0.15, -0.1) is 0 Å². The Morgan fingerprint density at radius 1 is 0.655 bits per heavy atom. The number of fused-ring (bicyclic) bond motifs is 4. The van der Waals surface area contributed by atoms with E-state index in [4.69, 9.17) is 17.5 Å². The van der Waals surface area contributed by atoms with Crippen molar-refractivity contribution in [1.29, 1.82) is 0 Å². The second kappa shape index (κ2) is 14.8. The minimum absolute atomic E-state index is 0.0119. The molecule has 6 amide bonds. The molecular formula is C36H64N10O8S. The number of quaternary nitrogens is 2. The van der Waals surface area contributed by atoms with Crippen LogP contribution in [0.5, 0.6) is 0 Å². The topological polar surface area (TPSA) is 192 Å². The lowest BCUT2D eigenvalue weighted by atomic mass is 9.60. The first-order valence-corrected chi connectivity index (χ1v) is 21.3. The van der Waals surface area contributed by atoms with E-state index in [1.54, 1.807) is 9.80 Å². The van der Waals surface area contributed by atoms with Crippen LogP contribution in [-0.4, -0.2) is 211 Å². The molecule has 0 aromatic heterocycles. The molecule has 4 atom stereocenters. The number of urea groups is 2. The molecule has 18 nitrogen and oxygen atoms in total. The monoisotopic (exact) mass is 796 g/mol. The highest BCUT2D eigenvalue weighted by atomic mass is 32.3. The first-order chi connectivity index (χ1) is 25.4. The Kier molecular flexibility index (Phi) is 11.3. The summed E-state index contributed by atoms with van der Waals surface area (Å²) in [5.74, 6) is 0.114. The number of carbonyl (C=O) groups excluding carboxylic acids is 4. The van der Waals surface area contributed by atoms with Gasteiger partial charge in [-0.2, -0.15) is 10.0 Å². The van der Waals surface area contributed by atoms with E-state index in [0.717, 1.165) is 64.5 Å². The van der Waals surface area contributed by atoms with E-state index in [0.29, 0.717) is 45.2 Å². The van der Waals surface area contributed by atoms with Crippen molar-refractivity contribution < 1.29 is 45.9 Å². The van der Waals surface area contributed by atoms with Gasteiger partial charge in [0.2, 0.25) is 11.8 Å². The molecule has 2 saturated carbocycles. The standard InChI is InChI=1S/2C18H31N5O2.H2O4S/c2*1-5-20-11-18(12-20)8-13(9-18)19-16(24)15-7-6-14-10-21(15)17(25)22(14)23(2,3)4;1-5(2,3)4/h2*13-15H,5-12H2,1-4H3;(H2,1,2,3,4)/t2*14-,15+;/m11./s1. The predicted molar refractivity (Wildman–Crippen MR) is 199 cm³/mol. The first kappa shape index (κ1) is 41.8. The fraction of sp³-hybridized carbons (Fsp3) is 0.889. The Balaban J connectivity index is 0.000000167. The zero-order valence-corrected chi connectivity index (χ0v) is 34.8. The van der Waals surface area contributed by atoms with E-state index in [2.05, 4.69) is 34.3 Å². The van der Waals surface area contributed by atoms with Crippen molar-refractivity contribution in [2.24, 2.45) is 10.8 Å². The van der Waals surface area contributed by atoms with Crippen molar-refractivity contribution in [1.82, 2.24) is 40.3 Å². The molecule has 0 unspecified atom stereocenters. The van der Waals surface area contributed by atoms with E-state index in [1.165, 1.54) is 26.2 Å². The fourth-order valence-electron chi connectivity index (χ4n) is 10.9. The maximum Gasteiger partial charge on any atom is 0.365 e. The van der Waals surface area contributed by atoms with Crippen LogP contribution in [0, 0.1) is 10.8 Å². The molecule has 6 saturated heterocycles. The lowest BCUT2D eigenvalue weighted by molar-refractivity contribution is -0.975. The quantitative estimate of drug-likeness (QED) is 0.186. The summed E-state index contributed by atoms with van der Waals surface area (Å²) in [6, 6.07) is 0.524. The summed E-state index contributed by atoms with van der Waals surface area (Å²) in [6.07, 6.45) is 7.78. The largest absolute Gasteiger partial charge is 0.759 e. The lowest BCUT2D eigenvalue weighted by Crippen LogP contribution is -2.67. The van der Waals surface area contributed by atoms with Crippen LogP contribution in [0.2, 0.25) is 0 Å². The van der Waals surface area contributed by atoms with E-state index in [1.807, 2.05) is 52.3 Å². The van der Waals surface area contributed by atoms with Gasteiger partial charge >= 0.3 is 12.1 Å². The third kappa shape index (κ3) is 8.72. The molecule has 0 aromatic rings. The lowest BCUT2D eigenvalue weighted by Gasteiger charge is -2.59. The highest BCUT2D eigenvalue weighted by Gasteiger charge is 2.57. The van der Waals surface area contributed by atoms with Gasteiger partial charge in [0.15, 0.2) is 0 Å². The summed E-state index contributed by atoms with van der Waals surface area (Å²) >= 11 is 0. The molecule has 6 aliphatic heterocycles. The van der Waals surface area contributed by atoms with Crippen LogP contribution in [0.3, 0.4) is 0 Å². The van der Waals surface area contributed by atoms with E-state index in [9.17, 15) is 19.2 Å². The third-order valence-corrected chi connectivity index (χ3v) is 13.1. The van der Waals surface area contributed by atoms with Gasteiger partial charge in [-0.25, -0.2) is 18.8 Å². The average Bonchev–Trinajstić information content (AvgIpc) is 3.40. The Morgan fingerprint density at radius 3 is 1.24 bits per heavy atom. The molecule has 8 aliphatic rings. The van der Waals surface area contributed by atoms with E-state index < -0.39 is 10.4 Å². The van der Waals surface area contributed by atoms with Crippen LogP contribution in [0.1, 0.15) is 65.2 Å². The summed E-state index contributed by atoms with van der Waals surface area (Å²) in [5, 5.41) is 10.3. The second-order valence-electron chi connectivity index (χ2n) is 19.2. The molecular weight excluding hydrogens is 733 g/mol. The number of rotatable bonds is 8. The number of hydrogen-bond acceptors (Lipinski definition) is 10. The summed E-state index contributed by atoms with van der Waals surface area (Å²) in [5.41, 5.74) is 0.936. The fourth-order valence-corrected chi connectivity index (χ4v) is 10.9. The molecule has 312 valence electrons. The molecule has 8 fully saturated rings. The first-order valence-electron chi connectivity index (χ1n) is 20.0. The maximum atomic E-state index is 12.8. The van der Waals surface area contributed by atoms with Crippen molar-refractivity contribution in [2.45, 2.75) is 101 Å². The predicted octanol–water partition coefficient (Wildman–Crippen LogP) is -0.385. The van der Waals surface area contributed by atoms with E-state index >= 15 is 0 Å². The summed E-state index contributed by atoms with van der Waals surface area (Å²) < 4.78 is 35.1. The SMILES string of the molecule is CCN1CC2(CC(NC(=O)[C@@H]3CC[C@@H]4CN3C(=O)N4[N+](C)(C)C)C2)C1.CCN1CC2(CC(NC(=O)[C@@H]3CC[C@@H]4CN3C(=O)N4[N+](C)(C)C)C2)C1.O=S(=O)([O-])[O-]. The van der Waals surface area contributed by atoms with E-state index in [-0.39, 0.29) is 48.0 Å². The number of nitrogens with one attached hydrogen (secondary N) is 2. The normalized spacial score (nSPS) is 30.1. The minimum atomic E-state index is -5.17. The Morgan fingerprint density at radius 2 is 0.964 bits per heavy atom. The molecule has 0 aromatic carbocycles. The van der Waals surface area contributed by atoms with Crippen molar-refractivity contribution in [3.05, 3.63) is 0 Å². The van der Waals surface area contributed by atoms with Crippen LogP contribution < -0.4 is 10.6 Å². The van der Waals surface area contributed by atoms with Crippen molar-refractivity contribution in [2.75, 3.05) is 94.6 Å². The minimum Gasteiger partial charge on any atom is -0.759 e. The maximum absolute atomic E-state index is 12.8. The van der Waals surface area contributed by atoms with Crippen LogP contribution in [0.15, 0.2) is 0 Å². The van der Waals surface area contributed by atoms with Gasteiger partial charge in [-0.3, -0.25) is 18.0 Å². The zero-order chi connectivity index (χ0) is 40.5. The highest BCUT2D eigenvalue weighted by Crippen LogP contribution is 2.49. The molecule has 19 heteroatoms. The van der Waals surface area contributed by atoms with Crippen LogP contribution in [0.4, 0.5) is 9.59 Å². The molecule has 6 heterocycles. The summed E-state index contributed by atoms with van der Waals surface area (Å²) in [4.78, 5) is 59.7. The number of nitrogens with zero attached hydrogens (tertiary/aromatic N) is 8. The number of piperidine rings is 2. The van der Waals surface area contributed by atoms with Gasteiger partial charge in [0.05, 0.1) is 42.3 Å². The molecule has 2 aliphatic carbocycles. The van der Waals surface area contributed by atoms with Gasteiger partial charge < -0.3 is 39.3 Å². The summed E-state index contributed by atoms with van der Waals surface area (Å²) in [6.45, 7) is 12.8. The Bertz CT molecular complexity index is 1480. The van der Waals surface area contributed by atoms with Crippen LogP contribution in [-0.2, 0) is 20.0 Å². The molecule has 2 N–H and O–H groups in total. The highest BCUT2D eigenvalue weighted by molar-refractivity contribution is 7.79. The molecule has 8 rings (SSSR count). The van der Waals surface area contributed by atoms with Gasteiger partial charge in [0, 0.05) is 61.8 Å². The van der Waals surface area contributed by atoms with Crippen molar-refractivity contribution >= 4 is 34.3 Å². The average molecular weight is 797 g/mol. The van der Waals surface area contributed by atoms with Gasteiger partial charge in [-0.1, -0.05) is 13.8 Å². The number of hydrogen-bond donors (Lipinski definition) is 2. The van der Waals surface area contributed by atoms with Gasteiger partial charge in [0.1, 0.15) is 24.2 Å². The zero-order valence-electron chi connectivity index (χ0n) is 34.0. The summed E-state index contributed by atoms with van der Waals surface area (Å²) in [7, 11) is 6.92. The Labute approximate surface area is 326 Å². The van der Waals surface area contributed by atoms with Crippen LogP contribution in [0.25, 0.3) is 0 Å². The number of carbonyl (C=O) groups is 4. The second-order valence-corrected chi connectivity index (χ2v) is 20.0. The number of likely N-dealkylation sites (tertiary alicyclic amines) is 2. The third-order valence-electron chi connectivity index (χ3n) is 13.1.